The lowest BCUT2D eigenvalue weighted by Gasteiger charge is -2.13. The first kappa shape index (κ1) is 11.2. The molecule has 76 valence electrons. The molecule has 1 fully saturated rings. The van der Waals surface area contributed by atoms with Crippen LogP contribution in [0.25, 0.3) is 0 Å². The van der Waals surface area contributed by atoms with Crippen LogP contribution in [0.4, 0.5) is 0 Å². The zero-order valence-electron chi connectivity index (χ0n) is 8.45. The summed E-state index contributed by atoms with van der Waals surface area (Å²) in [6.07, 6.45) is 3.08. The molecule has 0 aliphatic carbocycles. The number of nitrogens with zero attached hydrogens (tertiary/aromatic N) is 1. The van der Waals surface area contributed by atoms with E-state index in [9.17, 15) is 4.21 Å². The highest BCUT2D eigenvalue weighted by molar-refractivity contribution is 7.99. The maximum atomic E-state index is 11.5. The molecule has 0 spiro atoms. The lowest BCUT2D eigenvalue weighted by atomic mass is 10.1. The zero-order chi connectivity index (χ0) is 9.90. The fourth-order valence-corrected chi connectivity index (χ4v) is 2.76. The van der Waals surface area contributed by atoms with Crippen molar-refractivity contribution in [3.8, 4) is 0 Å². The summed E-state index contributed by atoms with van der Waals surface area (Å²) in [7, 11) is -1.07. The molecular weight excluding hydrogens is 202 g/mol. The molecular formula is C9H17NOS2. The predicted molar refractivity (Wildman–Crippen MR) is 61.8 cm³/mol. The molecule has 2 atom stereocenters. The molecule has 0 N–H and O–H groups in total. The molecule has 13 heavy (non-hydrogen) atoms. The maximum Gasteiger partial charge on any atom is 0.144 e. The van der Waals surface area contributed by atoms with E-state index in [0.717, 1.165) is 5.75 Å². The molecule has 1 heterocycles. The molecule has 1 saturated heterocycles. The van der Waals surface area contributed by atoms with Crippen LogP contribution >= 0.6 is 11.8 Å². The Labute approximate surface area is 87.2 Å². The summed E-state index contributed by atoms with van der Waals surface area (Å²) >= 11 is 1.95. The second kappa shape index (κ2) is 4.60. The quantitative estimate of drug-likeness (QED) is 0.667. The summed E-state index contributed by atoms with van der Waals surface area (Å²) in [5, 5.41) is 0. The van der Waals surface area contributed by atoms with Gasteiger partial charge in [0.2, 0.25) is 0 Å². The summed E-state index contributed by atoms with van der Waals surface area (Å²) in [6, 6.07) is 0. The van der Waals surface area contributed by atoms with Gasteiger partial charge in [0, 0.05) is 17.9 Å². The Bertz CT molecular complexity index is 214. The summed E-state index contributed by atoms with van der Waals surface area (Å²) in [6.45, 7) is 5.84. The van der Waals surface area contributed by atoms with Crippen LogP contribution in [0.5, 0.6) is 0 Å². The van der Waals surface area contributed by atoms with Gasteiger partial charge >= 0.3 is 0 Å². The molecule has 1 rings (SSSR count). The number of rotatable bonds is 2. The number of hydrogen-bond donors (Lipinski definition) is 0. The van der Waals surface area contributed by atoms with Gasteiger partial charge in [-0.2, -0.15) is 16.2 Å². The van der Waals surface area contributed by atoms with E-state index in [1.807, 2.05) is 38.7 Å². The smallest absolute Gasteiger partial charge is 0.144 e. The third kappa shape index (κ3) is 3.81. The van der Waals surface area contributed by atoms with Gasteiger partial charge in [0.05, 0.1) is 4.75 Å². The normalized spacial score (nSPS) is 26.8. The van der Waals surface area contributed by atoms with Gasteiger partial charge in [0.15, 0.2) is 0 Å². The first-order valence-electron chi connectivity index (χ1n) is 4.54. The van der Waals surface area contributed by atoms with E-state index in [1.54, 1.807) is 0 Å². The minimum atomic E-state index is -1.07. The summed E-state index contributed by atoms with van der Waals surface area (Å²) < 4.78 is 15.4. The van der Waals surface area contributed by atoms with E-state index in [0.29, 0.717) is 5.92 Å². The summed E-state index contributed by atoms with van der Waals surface area (Å²) in [4.78, 5) is 0. The number of hydrogen-bond acceptors (Lipinski definition) is 2. The molecule has 0 radical (unpaired) electrons. The van der Waals surface area contributed by atoms with Gasteiger partial charge in [0.25, 0.3) is 0 Å². The standard InChI is InChI=1S/C9H17NOS2/c1-9(2,3)13(11)10-6-8-4-5-12-7-8/h6,8H,4-5,7H2,1-3H3. The average Bonchev–Trinajstić information content (AvgIpc) is 2.50. The molecule has 1 aliphatic rings. The maximum absolute atomic E-state index is 11.5. The molecule has 0 aromatic rings. The molecule has 0 aromatic heterocycles. The van der Waals surface area contributed by atoms with Crippen molar-refractivity contribution in [1.29, 1.82) is 0 Å². The second-order valence-electron chi connectivity index (χ2n) is 4.24. The highest BCUT2D eigenvalue weighted by atomic mass is 32.2. The van der Waals surface area contributed by atoms with Crippen molar-refractivity contribution >= 4 is 29.0 Å². The Hall–Kier alpha value is 0.170. The largest absolute Gasteiger partial charge is 0.234 e. The Balaban J connectivity index is 2.43. The minimum absolute atomic E-state index is 0.220. The highest BCUT2D eigenvalue weighted by Gasteiger charge is 2.19. The van der Waals surface area contributed by atoms with Crippen molar-refractivity contribution in [3.05, 3.63) is 0 Å². The monoisotopic (exact) mass is 219 g/mol. The van der Waals surface area contributed by atoms with Crippen molar-refractivity contribution in [2.45, 2.75) is 31.9 Å². The van der Waals surface area contributed by atoms with Crippen molar-refractivity contribution < 1.29 is 4.21 Å². The van der Waals surface area contributed by atoms with Crippen LogP contribution in [0.15, 0.2) is 4.40 Å². The predicted octanol–water partition coefficient (Wildman–Crippen LogP) is 2.27. The van der Waals surface area contributed by atoms with Crippen LogP contribution in [0, 0.1) is 5.92 Å². The van der Waals surface area contributed by atoms with Crippen LogP contribution in [-0.4, -0.2) is 26.7 Å². The van der Waals surface area contributed by atoms with Crippen molar-refractivity contribution in [2.75, 3.05) is 11.5 Å². The fourth-order valence-electron chi connectivity index (χ4n) is 0.970. The summed E-state index contributed by atoms with van der Waals surface area (Å²) in [5.74, 6) is 2.92. The van der Waals surface area contributed by atoms with Crippen LogP contribution in [0.2, 0.25) is 0 Å². The van der Waals surface area contributed by atoms with Gasteiger partial charge in [0.1, 0.15) is 11.0 Å². The average molecular weight is 219 g/mol. The Morgan fingerprint density at radius 3 is 2.69 bits per heavy atom. The van der Waals surface area contributed by atoms with Crippen LogP contribution in [0.3, 0.4) is 0 Å². The molecule has 1 aliphatic heterocycles. The van der Waals surface area contributed by atoms with Gasteiger partial charge < -0.3 is 0 Å². The molecule has 2 nitrogen and oxygen atoms in total. The second-order valence-corrected chi connectivity index (χ2v) is 7.32. The topological polar surface area (TPSA) is 29.4 Å². The van der Waals surface area contributed by atoms with E-state index in [4.69, 9.17) is 0 Å². The Morgan fingerprint density at radius 1 is 1.54 bits per heavy atom. The molecule has 2 unspecified atom stereocenters. The van der Waals surface area contributed by atoms with E-state index >= 15 is 0 Å². The van der Waals surface area contributed by atoms with E-state index in [-0.39, 0.29) is 4.75 Å². The third-order valence-corrected chi connectivity index (χ3v) is 4.41. The van der Waals surface area contributed by atoms with Crippen molar-refractivity contribution in [1.82, 2.24) is 0 Å². The Morgan fingerprint density at radius 2 is 2.23 bits per heavy atom. The van der Waals surface area contributed by atoms with Gasteiger partial charge in [-0.25, -0.2) is 4.21 Å². The van der Waals surface area contributed by atoms with Crippen molar-refractivity contribution in [2.24, 2.45) is 10.3 Å². The van der Waals surface area contributed by atoms with E-state index < -0.39 is 11.0 Å². The van der Waals surface area contributed by atoms with E-state index in [2.05, 4.69) is 4.40 Å². The first-order valence-corrected chi connectivity index (χ1v) is 6.80. The van der Waals surface area contributed by atoms with Crippen molar-refractivity contribution in [3.63, 3.8) is 0 Å². The van der Waals surface area contributed by atoms with Crippen LogP contribution in [-0.2, 0) is 11.0 Å². The Kier molecular flexibility index (Phi) is 3.98. The highest BCUT2D eigenvalue weighted by Crippen LogP contribution is 2.22. The first-order chi connectivity index (χ1) is 6.00. The lowest BCUT2D eigenvalue weighted by molar-refractivity contribution is 0.650. The lowest BCUT2D eigenvalue weighted by Crippen LogP contribution is -2.20. The molecule has 4 heteroatoms. The van der Waals surface area contributed by atoms with E-state index in [1.165, 1.54) is 12.2 Å². The number of thioether (sulfide) groups is 1. The van der Waals surface area contributed by atoms with Gasteiger partial charge in [-0.3, -0.25) is 0 Å². The molecule has 0 saturated carbocycles. The van der Waals surface area contributed by atoms with Gasteiger partial charge in [-0.1, -0.05) is 0 Å². The molecule has 0 aromatic carbocycles. The van der Waals surface area contributed by atoms with Gasteiger partial charge in [-0.15, -0.1) is 0 Å². The SMILES string of the molecule is CC(C)(C)S(=O)N=CC1CCSC1. The zero-order valence-corrected chi connectivity index (χ0v) is 10.1. The molecule has 0 amide bonds. The summed E-state index contributed by atoms with van der Waals surface area (Å²) in [5.41, 5.74) is 0. The van der Waals surface area contributed by atoms with Crippen LogP contribution < -0.4 is 0 Å². The third-order valence-electron chi connectivity index (χ3n) is 1.86. The van der Waals surface area contributed by atoms with Gasteiger partial charge in [-0.05, 0) is 32.9 Å². The molecule has 0 bridgehead atoms. The van der Waals surface area contributed by atoms with Crippen LogP contribution in [0.1, 0.15) is 27.2 Å². The minimum Gasteiger partial charge on any atom is -0.234 e. The fraction of sp³-hybridized carbons (Fsp3) is 0.889.